The van der Waals surface area contributed by atoms with Gasteiger partial charge in [-0.1, -0.05) is 0 Å². The van der Waals surface area contributed by atoms with Crippen molar-refractivity contribution in [1.29, 1.82) is 0 Å². The summed E-state index contributed by atoms with van der Waals surface area (Å²) in [7, 11) is 1.70. The summed E-state index contributed by atoms with van der Waals surface area (Å²) in [5, 5.41) is 9.01. The van der Waals surface area contributed by atoms with Gasteiger partial charge in [-0.2, -0.15) is 0 Å². The number of hydrogen-bond donors (Lipinski definition) is 1. The molecule has 0 aromatic carbocycles. The molecule has 0 aromatic rings. The van der Waals surface area contributed by atoms with Crippen molar-refractivity contribution in [3.05, 3.63) is 0 Å². The Kier molecular flexibility index (Phi) is 2.87. The summed E-state index contributed by atoms with van der Waals surface area (Å²) in [4.78, 5) is 25.4. The molecule has 2 amide bonds. The zero-order valence-corrected chi connectivity index (χ0v) is 7.86. The van der Waals surface area contributed by atoms with E-state index in [0.29, 0.717) is 13.1 Å². The van der Waals surface area contributed by atoms with E-state index in [1.54, 1.807) is 11.9 Å². The smallest absolute Gasteiger partial charge is 0.251 e. The van der Waals surface area contributed by atoms with Crippen LogP contribution < -0.4 is 0 Å². The second-order valence-electron chi connectivity index (χ2n) is 3.25. The third-order valence-electron chi connectivity index (χ3n) is 2.13. The van der Waals surface area contributed by atoms with E-state index in [9.17, 15) is 9.59 Å². The number of aliphatic hydroxyl groups is 1. The van der Waals surface area contributed by atoms with Gasteiger partial charge in [0.25, 0.3) is 5.91 Å². The summed E-state index contributed by atoms with van der Waals surface area (Å²) in [5.74, 6) is -0.457. The first-order valence-corrected chi connectivity index (χ1v) is 4.23. The lowest BCUT2D eigenvalue weighted by Gasteiger charge is -2.32. The second kappa shape index (κ2) is 3.74. The molecule has 1 heterocycles. The number of nitrogens with zero attached hydrogens (tertiary/aromatic N) is 2. The number of carbonyl (C=O) groups is 2. The van der Waals surface area contributed by atoms with Crippen LogP contribution in [0.1, 0.15) is 6.92 Å². The zero-order chi connectivity index (χ0) is 10.0. The molecule has 5 heteroatoms. The van der Waals surface area contributed by atoms with Gasteiger partial charge in [0.05, 0.1) is 6.54 Å². The van der Waals surface area contributed by atoms with Gasteiger partial charge >= 0.3 is 0 Å². The third kappa shape index (κ3) is 2.18. The Hall–Kier alpha value is -1.10. The molecule has 1 aliphatic heterocycles. The molecule has 0 radical (unpaired) electrons. The Balaban J connectivity index is 2.55. The van der Waals surface area contributed by atoms with Crippen LogP contribution in [0.4, 0.5) is 0 Å². The highest BCUT2D eigenvalue weighted by atomic mass is 16.3. The van der Waals surface area contributed by atoms with Crippen molar-refractivity contribution in [2.75, 3.05) is 26.7 Å². The van der Waals surface area contributed by atoms with Crippen LogP contribution >= 0.6 is 0 Å². The number of likely N-dealkylation sites (N-methyl/N-ethyl adjacent to an activating group) is 1. The Labute approximate surface area is 76.9 Å². The molecule has 5 nitrogen and oxygen atoms in total. The average molecular weight is 186 g/mol. The van der Waals surface area contributed by atoms with Gasteiger partial charge in [-0.25, -0.2) is 0 Å². The molecule has 0 spiro atoms. The Morgan fingerprint density at radius 1 is 1.54 bits per heavy atom. The SMILES string of the molecule is C[C@H](O)C(=O)N1CCN(C)C(=O)C1. The van der Waals surface area contributed by atoms with E-state index in [1.807, 2.05) is 0 Å². The number of piperazine rings is 1. The Morgan fingerprint density at radius 2 is 2.15 bits per heavy atom. The van der Waals surface area contributed by atoms with Gasteiger partial charge in [-0.3, -0.25) is 9.59 Å². The molecule has 1 aliphatic rings. The molecule has 1 fully saturated rings. The van der Waals surface area contributed by atoms with E-state index >= 15 is 0 Å². The van der Waals surface area contributed by atoms with Gasteiger partial charge in [-0.15, -0.1) is 0 Å². The first kappa shape index (κ1) is 9.98. The quantitative estimate of drug-likeness (QED) is 0.552. The fourth-order valence-electron chi connectivity index (χ4n) is 1.21. The Bertz CT molecular complexity index is 227. The maximum absolute atomic E-state index is 11.3. The molecule has 1 atom stereocenters. The summed E-state index contributed by atoms with van der Waals surface area (Å²) < 4.78 is 0. The molecule has 0 bridgehead atoms. The monoisotopic (exact) mass is 186 g/mol. The lowest BCUT2D eigenvalue weighted by molar-refractivity contribution is -0.148. The molecular weight excluding hydrogens is 172 g/mol. The molecule has 1 saturated heterocycles. The predicted octanol–water partition coefficient (Wildman–Crippen LogP) is -1.33. The van der Waals surface area contributed by atoms with Crippen LogP contribution in [0.5, 0.6) is 0 Å². The van der Waals surface area contributed by atoms with Gasteiger partial charge in [0.2, 0.25) is 5.91 Å². The lowest BCUT2D eigenvalue weighted by atomic mass is 10.2. The molecule has 1 N–H and O–H groups in total. The highest BCUT2D eigenvalue weighted by Gasteiger charge is 2.26. The standard InChI is InChI=1S/C8H14N2O3/c1-6(11)8(13)10-4-3-9(2)7(12)5-10/h6,11H,3-5H2,1-2H3/t6-/m0/s1. The van der Waals surface area contributed by atoms with Crippen LogP contribution in [-0.4, -0.2) is 59.5 Å². The van der Waals surface area contributed by atoms with Crippen molar-refractivity contribution in [1.82, 2.24) is 9.80 Å². The third-order valence-corrected chi connectivity index (χ3v) is 2.13. The van der Waals surface area contributed by atoms with Crippen molar-refractivity contribution >= 4 is 11.8 Å². The molecule has 0 saturated carbocycles. The van der Waals surface area contributed by atoms with Gasteiger partial charge in [0, 0.05) is 20.1 Å². The summed E-state index contributed by atoms with van der Waals surface area (Å²) in [6.07, 6.45) is -1.02. The van der Waals surface area contributed by atoms with Crippen LogP contribution in [0, 0.1) is 0 Å². The van der Waals surface area contributed by atoms with Crippen molar-refractivity contribution in [2.24, 2.45) is 0 Å². The van der Waals surface area contributed by atoms with Gasteiger partial charge in [-0.05, 0) is 6.92 Å². The number of aliphatic hydroxyl groups excluding tert-OH is 1. The summed E-state index contributed by atoms with van der Waals surface area (Å²) in [6, 6.07) is 0. The van der Waals surface area contributed by atoms with E-state index in [-0.39, 0.29) is 18.4 Å². The minimum atomic E-state index is -1.02. The highest BCUT2D eigenvalue weighted by molar-refractivity contribution is 5.87. The minimum Gasteiger partial charge on any atom is -0.384 e. The first-order chi connectivity index (χ1) is 6.02. The fourth-order valence-corrected chi connectivity index (χ4v) is 1.21. The van der Waals surface area contributed by atoms with E-state index in [1.165, 1.54) is 11.8 Å². The fraction of sp³-hybridized carbons (Fsp3) is 0.750. The van der Waals surface area contributed by atoms with Crippen LogP contribution in [0.25, 0.3) is 0 Å². The second-order valence-corrected chi connectivity index (χ2v) is 3.25. The molecule has 0 unspecified atom stereocenters. The normalized spacial score (nSPS) is 20.4. The van der Waals surface area contributed by atoms with Crippen molar-refractivity contribution in [3.8, 4) is 0 Å². The van der Waals surface area contributed by atoms with Crippen LogP contribution in [0.2, 0.25) is 0 Å². The molecule has 0 aromatic heterocycles. The van der Waals surface area contributed by atoms with Gasteiger partial charge < -0.3 is 14.9 Å². The van der Waals surface area contributed by atoms with Gasteiger partial charge in [0.15, 0.2) is 0 Å². The van der Waals surface area contributed by atoms with E-state index in [0.717, 1.165) is 0 Å². The van der Waals surface area contributed by atoms with Crippen molar-refractivity contribution in [3.63, 3.8) is 0 Å². The van der Waals surface area contributed by atoms with Crippen molar-refractivity contribution in [2.45, 2.75) is 13.0 Å². The molecular formula is C8H14N2O3. The maximum atomic E-state index is 11.3. The number of carbonyl (C=O) groups excluding carboxylic acids is 2. The van der Waals surface area contributed by atoms with Crippen LogP contribution in [0.15, 0.2) is 0 Å². The number of hydrogen-bond acceptors (Lipinski definition) is 3. The van der Waals surface area contributed by atoms with Gasteiger partial charge in [0.1, 0.15) is 6.10 Å². The minimum absolute atomic E-state index is 0.0831. The zero-order valence-electron chi connectivity index (χ0n) is 7.86. The Morgan fingerprint density at radius 3 is 2.62 bits per heavy atom. The number of amides is 2. The topological polar surface area (TPSA) is 60.9 Å². The molecule has 13 heavy (non-hydrogen) atoms. The number of rotatable bonds is 1. The van der Waals surface area contributed by atoms with Crippen LogP contribution in [-0.2, 0) is 9.59 Å². The first-order valence-electron chi connectivity index (χ1n) is 4.23. The van der Waals surface area contributed by atoms with E-state index in [2.05, 4.69) is 0 Å². The van der Waals surface area contributed by atoms with Crippen molar-refractivity contribution < 1.29 is 14.7 Å². The van der Waals surface area contributed by atoms with E-state index in [4.69, 9.17) is 5.11 Å². The molecule has 74 valence electrons. The highest BCUT2D eigenvalue weighted by Crippen LogP contribution is 2.02. The lowest BCUT2D eigenvalue weighted by Crippen LogP contribution is -2.52. The molecule has 0 aliphatic carbocycles. The largest absolute Gasteiger partial charge is 0.384 e. The summed E-state index contributed by atoms with van der Waals surface area (Å²) in [6.45, 7) is 2.54. The van der Waals surface area contributed by atoms with E-state index < -0.39 is 6.10 Å². The summed E-state index contributed by atoms with van der Waals surface area (Å²) in [5.41, 5.74) is 0. The summed E-state index contributed by atoms with van der Waals surface area (Å²) >= 11 is 0. The average Bonchev–Trinajstić information content (AvgIpc) is 2.08. The maximum Gasteiger partial charge on any atom is 0.251 e. The predicted molar refractivity (Wildman–Crippen MR) is 45.9 cm³/mol. The van der Waals surface area contributed by atoms with Crippen LogP contribution in [0.3, 0.4) is 0 Å². The molecule has 1 rings (SSSR count).